The van der Waals surface area contributed by atoms with Crippen LogP contribution >= 0.6 is 12.4 Å². The maximum Gasteiger partial charge on any atom is 0.119 e. The number of hydrogen-bond acceptors (Lipinski definition) is 2. The lowest BCUT2D eigenvalue weighted by Gasteiger charge is -2.11. The Bertz CT molecular complexity index is 564. The Hall–Kier alpha value is -1.51. The minimum atomic E-state index is 0. The van der Waals surface area contributed by atoms with Gasteiger partial charge in [-0.2, -0.15) is 0 Å². The van der Waals surface area contributed by atoms with Gasteiger partial charge >= 0.3 is 0 Å². The van der Waals surface area contributed by atoms with E-state index in [9.17, 15) is 0 Å². The first-order valence-corrected chi connectivity index (χ1v) is 7.10. The average Bonchev–Trinajstić information content (AvgIpc) is 2.47. The third-order valence-corrected chi connectivity index (χ3v) is 3.44. The molecular weight excluding hydrogens is 282 g/mol. The molecule has 2 rings (SSSR count). The summed E-state index contributed by atoms with van der Waals surface area (Å²) in [4.78, 5) is 0. The molecule has 0 fully saturated rings. The number of nitrogens with two attached hydrogens (primary N) is 1. The fraction of sp³-hybridized carbons (Fsp3) is 0.333. The van der Waals surface area contributed by atoms with E-state index in [-0.39, 0.29) is 12.4 Å². The molecule has 114 valence electrons. The summed E-state index contributed by atoms with van der Waals surface area (Å²) in [6, 6.07) is 14.9. The third-order valence-electron chi connectivity index (χ3n) is 3.44. The largest absolute Gasteiger partial charge is 0.497 e. The molecule has 0 unspecified atom stereocenters. The first-order chi connectivity index (χ1) is 9.63. The maximum absolute atomic E-state index is 5.85. The summed E-state index contributed by atoms with van der Waals surface area (Å²) in [6.45, 7) is 4.99. The summed E-state index contributed by atoms with van der Waals surface area (Å²) in [5, 5.41) is 0. The molecule has 0 amide bonds. The van der Waals surface area contributed by atoms with E-state index in [1.54, 1.807) is 7.11 Å². The zero-order valence-electron chi connectivity index (χ0n) is 12.9. The van der Waals surface area contributed by atoms with Gasteiger partial charge in [0, 0.05) is 6.54 Å². The monoisotopic (exact) mass is 305 g/mol. The van der Waals surface area contributed by atoms with Gasteiger partial charge < -0.3 is 10.5 Å². The zero-order valence-corrected chi connectivity index (χ0v) is 13.7. The van der Waals surface area contributed by atoms with Gasteiger partial charge in [0.25, 0.3) is 0 Å². The molecular formula is C18H24ClNO. The van der Waals surface area contributed by atoms with Crippen molar-refractivity contribution in [3.8, 4) is 16.9 Å². The van der Waals surface area contributed by atoms with Crippen LogP contribution in [0.15, 0.2) is 42.5 Å². The van der Waals surface area contributed by atoms with Crippen LogP contribution in [0.25, 0.3) is 11.1 Å². The van der Waals surface area contributed by atoms with Crippen molar-refractivity contribution in [1.29, 1.82) is 0 Å². The van der Waals surface area contributed by atoms with Crippen LogP contribution in [0.3, 0.4) is 0 Å². The molecule has 2 aromatic rings. The van der Waals surface area contributed by atoms with E-state index in [1.165, 1.54) is 16.7 Å². The van der Waals surface area contributed by atoms with Crippen molar-refractivity contribution in [2.75, 3.05) is 7.11 Å². The summed E-state index contributed by atoms with van der Waals surface area (Å²) in [6.07, 6.45) is 1.12. The van der Waals surface area contributed by atoms with Gasteiger partial charge in [-0.05, 0) is 46.7 Å². The molecule has 0 saturated heterocycles. The molecule has 2 aromatic carbocycles. The van der Waals surface area contributed by atoms with Gasteiger partial charge in [0.15, 0.2) is 0 Å². The Morgan fingerprint density at radius 1 is 1.05 bits per heavy atom. The van der Waals surface area contributed by atoms with Crippen molar-refractivity contribution >= 4 is 12.4 Å². The molecule has 0 aliphatic heterocycles. The van der Waals surface area contributed by atoms with Crippen LogP contribution in [0.4, 0.5) is 0 Å². The second-order valence-electron chi connectivity index (χ2n) is 5.52. The van der Waals surface area contributed by atoms with E-state index in [0.29, 0.717) is 12.5 Å². The molecule has 0 saturated carbocycles. The number of benzene rings is 2. The number of methoxy groups -OCH3 is 1. The van der Waals surface area contributed by atoms with Crippen molar-refractivity contribution in [2.24, 2.45) is 11.7 Å². The summed E-state index contributed by atoms with van der Waals surface area (Å²) >= 11 is 0. The first-order valence-electron chi connectivity index (χ1n) is 7.10. The molecule has 0 heterocycles. The highest BCUT2D eigenvalue weighted by molar-refractivity contribution is 5.85. The van der Waals surface area contributed by atoms with Gasteiger partial charge in [0.2, 0.25) is 0 Å². The topological polar surface area (TPSA) is 35.2 Å². The summed E-state index contributed by atoms with van der Waals surface area (Å²) in [7, 11) is 1.68. The maximum atomic E-state index is 5.85. The molecule has 0 aliphatic carbocycles. The van der Waals surface area contributed by atoms with Crippen molar-refractivity contribution < 1.29 is 4.74 Å². The third kappa shape index (κ3) is 4.48. The highest BCUT2D eigenvalue weighted by Gasteiger charge is 2.06. The van der Waals surface area contributed by atoms with E-state index < -0.39 is 0 Å². The van der Waals surface area contributed by atoms with Gasteiger partial charge in [0.05, 0.1) is 7.11 Å². The standard InChI is InChI=1S/C18H23NO.ClH/c1-13(2)10-14-4-6-15(7-5-14)18-9-8-17(20-3)11-16(18)12-19;/h4-9,11,13H,10,12,19H2,1-3H3;1H. The van der Waals surface area contributed by atoms with E-state index in [0.717, 1.165) is 17.7 Å². The normalized spacial score (nSPS) is 10.3. The van der Waals surface area contributed by atoms with Crippen LogP contribution in [0, 0.1) is 5.92 Å². The van der Waals surface area contributed by atoms with Crippen LogP contribution in [0.2, 0.25) is 0 Å². The van der Waals surface area contributed by atoms with E-state index in [2.05, 4.69) is 44.2 Å². The number of ether oxygens (including phenoxy) is 1. The Balaban J connectivity index is 0.00000220. The van der Waals surface area contributed by atoms with E-state index in [1.807, 2.05) is 12.1 Å². The molecule has 0 radical (unpaired) electrons. The predicted octanol–water partition coefficient (Wildman–Crippen LogP) is 4.44. The van der Waals surface area contributed by atoms with Gasteiger partial charge in [-0.1, -0.05) is 44.2 Å². The van der Waals surface area contributed by atoms with Gasteiger partial charge in [-0.15, -0.1) is 12.4 Å². The van der Waals surface area contributed by atoms with Crippen LogP contribution in [-0.4, -0.2) is 7.11 Å². The zero-order chi connectivity index (χ0) is 14.5. The van der Waals surface area contributed by atoms with E-state index in [4.69, 9.17) is 10.5 Å². The Kier molecular flexibility index (Phi) is 6.73. The predicted molar refractivity (Wildman–Crippen MR) is 92.1 cm³/mol. The average molecular weight is 306 g/mol. The summed E-state index contributed by atoms with van der Waals surface area (Å²) in [5.41, 5.74) is 10.7. The molecule has 0 spiro atoms. The lowest BCUT2D eigenvalue weighted by atomic mass is 9.96. The van der Waals surface area contributed by atoms with Gasteiger partial charge in [0.1, 0.15) is 5.75 Å². The summed E-state index contributed by atoms with van der Waals surface area (Å²) in [5.74, 6) is 1.53. The van der Waals surface area contributed by atoms with E-state index >= 15 is 0 Å². The van der Waals surface area contributed by atoms with Gasteiger partial charge in [-0.3, -0.25) is 0 Å². The molecule has 2 N–H and O–H groups in total. The Morgan fingerprint density at radius 2 is 1.71 bits per heavy atom. The number of rotatable bonds is 5. The Morgan fingerprint density at radius 3 is 2.24 bits per heavy atom. The van der Waals surface area contributed by atoms with Crippen molar-refractivity contribution in [2.45, 2.75) is 26.8 Å². The second kappa shape index (κ2) is 8.06. The Labute approximate surface area is 133 Å². The highest BCUT2D eigenvalue weighted by atomic mass is 35.5. The number of halogens is 1. The van der Waals surface area contributed by atoms with Crippen molar-refractivity contribution in [1.82, 2.24) is 0 Å². The minimum absolute atomic E-state index is 0. The molecule has 0 aliphatic rings. The van der Waals surface area contributed by atoms with Crippen LogP contribution in [0.5, 0.6) is 5.75 Å². The van der Waals surface area contributed by atoms with Crippen LogP contribution < -0.4 is 10.5 Å². The lowest BCUT2D eigenvalue weighted by molar-refractivity contribution is 0.414. The van der Waals surface area contributed by atoms with Crippen molar-refractivity contribution in [3.05, 3.63) is 53.6 Å². The van der Waals surface area contributed by atoms with Crippen LogP contribution in [-0.2, 0) is 13.0 Å². The molecule has 21 heavy (non-hydrogen) atoms. The second-order valence-corrected chi connectivity index (χ2v) is 5.52. The fourth-order valence-corrected chi connectivity index (χ4v) is 2.44. The van der Waals surface area contributed by atoms with Crippen molar-refractivity contribution in [3.63, 3.8) is 0 Å². The molecule has 0 atom stereocenters. The molecule has 3 heteroatoms. The first kappa shape index (κ1) is 17.5. The molecule has 0 bridgehead atoms. The lowest BCUT2D eigenvalue weighted by Crippen LogP contribution is -2.00. The molecule has 0 aromatic heterocycles. The quantitative estimate of drug-likeness (QED) is 0.886. The summed E-state index contributed by atoms with van der Waals surface area (Å²) < 4.78 is 5.25. The SMILES string of the molecule is COc1ccc(-c2ccc(CC(C)C)cc2)c(CN)c1.Cl. The van der Waals surface area contributed by atoms with Gasteiger partial charge in [-0.25, -0.2) is 0 Å². The molecule has 2 nitrogen and oxygen atoms in total. The van der Waals surface area contributed by atoms with Crippen LogP contribution in [0.1, 0.15) is 25.0 Å². The smallest absolute Gasteiger partial charge is 0.119 e. The minimum Gasteiger partial charge on any atom is -0.497 e. The highest BCUT2D eigenvalue weighted by Crippen LogP contribution is 2.27. The number of hydrogen-bond donors (Lipinski definition) is 1. The fourth-order valence-electron chi connectivity index (χ4n) is 2.44.